The molecule has 0 heterocycles. The molecule has 0 saturated carbocycles. The van der Waals surface area contributed by atoms with Crippen LogP contribution in [0.3, 0.4) is 0 Å². The number of allylic oxidation sites excluding steroid dienone is 1. The molecule has 0 aliphatic carbocycles. The Hall–Kier alpha value is -3.15. The van der Waals surface area contributed by atoms with Gasteiger partial charge in [0.25, 0.3) is 5.91 Å². The lowest BCUT2D eigenvalue weighted by Gasteiger charge is -2.13. The van der Waals surface area contributed by atoms with Gasteiger partial charge < -0.3 is 24.3 Å². The second-order valence-electron chi connectivity index (χ2n) is 5.96. The fourth-order valence-electron chi connectivity index (χ4n) is 2.62. The second-order valence-corrected chi connectivity index (χ2v) is 5.96. The second kappa shape index (κ2) is 10.9. The number of rotatable bonds is 11. The van der Waals surface area contributed by atoms with Crippen LogP contribution in [0.25, 0.3) is 0 Å². The van der Waals surface area contributed by atoms with Gasteiger partial charge in [-0.05, 0) is 48.7 Å². The predicted molar refractivity (Wildman–Crippen MR) is 108 cm³/mol. The Morgan fingerprint density at radius 1 is 0.964 bits per heavy atom. The quantitative estimate of drug-likeness (QED) is 0.600. The molecule has 0 unspecified atom stereocenters. The maximum atomic E-state index is 12.1. The number of amides is 1. The van der Waals surface area contributed by atoms with Crippen LogP contribution in [-0.2, 0) is 17.8 Å². The van der Waals surface area contributed by atoms with E-state index >= 15 is 0 Å². The zero-order valence-electron chi connectivity index (χ0n) is 16.6. The molecule has 0 atom stereocenters. The molecule has 2 rings (SSSR count). The normalized spacial score (nSPS) is 10.1. The lowest BCUT2D eigenvalue weighted by molar-refractivity contribution is -0.123. The van der Waals surface area contributed by atoms with Gasteiger partial charge in [-0.25, -0.2) is 0 Å². The first kappa shape index (κ1) is 21.2. The highest BCUT2D eigenvalue weighted by Crippen LogP contribution is 2.29. The number of hydrogen-bond donors (Lipinski definition) is 1. The minimum atomic E-state index is -0.231. The van der Waals surface area contributed by atoms with Gasteiger partial charge in [-0.1, -0.05) is 18.2 Å². The highest BCUT2D eigenvalue weighted by atomic mass is 16.5. The third-order valence-corrected chi connectivity index (χ3v) is 3.98. The first-order chi connectivity index (χ1) is 13.6. The van der Waals surface area contributed by atoms with Gasteiger partial charge >= 0.3 is 0 Å². The summed E-state index contributed by atoms with van der Waals surface area (Å²) in [5.41, 5.74) is 1.97. The summed E-state index contributed by atoms with van der Waals surface area (Å²) < 4.78 is 21.7. The molecule has 1 amide bonds. The summed E-state index contributed by atoms with van der Waals surface area (Å²) >= 11 is 0. The summed E-state index contributed by atoms with van der Waals surface area (Å²) in [7, 11) is 3.15. The molecule has 0 bridgehead atoms. The molecule has 150 valence electrons. The summed E-state index contributed by atoms with van der Waals surface area (Å²) in [5.74, 6) is 2.19. The van der Waals surface area contributed by atoms with Gasteiger partial charge in [0.05, 0.1) is 20.8 Å². The fourth-order valence-corrected chi connectivity index (χ4v) is 2.62. The number of carbonyl (C=O) groups excluding carboxylic acids is 1. The van der Waals surface area contributed by atoms with Crippen molar-refractivity contribution in [3.05, 3.63) is 60.2 Å². The number of ether oxygens (including phenoxy) is 4. The van der Waals surface area contributed by atoms with Gasteiger partial charge in [0.15, 0.2) is 29.6 Å². The average molecular weight is 385 g/mol. The maximum Gasteiger partial charge on any atom is 0.258 e. The molecule has 6 nitrogen and oxygen atoms in total. The van der Waals surface area contributed by atoms with E-state index in [2.05, 4.69) is 11.9 Å². The van der Waals surface area contributed by atoms with Crippen molar-refractivity contribution >= 4 is 5.91 Å². The predicted octanol–water partition coefficient (Wildman–Crippen LogP) is 3.53. The highest BCUT2D eigenvalue weighted by Gasteiger charge is 2.10. The van der Waals surface area contributed by atoms with Crippen LogP contribution < -0.4 is 24.3 Å². The van der Waals surface area contributed by atoms with Crippen LogP contribution in [0, 0.1) is 0 Å². The van der Waals surface area contributed by atoms with E-state index in [1.165, 1.54) is 0 Å². The average Bonchev–Trinajstić information content (AvgIpc) is 2.72. The molecule has 0 aliphatic heterocycles. The summed E-state index contributed by atoms with van der Waals surface area (Å²) in [4.78, 5) is 12.1. The minimum Gasteiger partial charge on any atom is -0.493 e. The summed E-state index contributed by atoms with van der Waals surface area (Å²) in [6.45, 7) is 6.45. The molecule has 2 aromatic rings. The fraction of sp³-hybridized carbons (Fsp3) is 0.318. The smallest absolute Gasteiger partial charge is 0.258 e. The van der Waals surface area contributed by atoms with E-state index in [1.807, 2.05) is 43.3 Å². The van der Waals surface area contributed by atoms with Gasteiger partial charge in [-0.3, -0.25) is 4.79 Å². The third kappa shape index (κ3) is 5.94. The van der Waals surface area contributed by atoms with E-state index in [9.17, 15) is 4.79 Å². The lowest BCUT2D eigenvalue weighted by atomic mass is 10.1. The number of methoxy groups -OCH3 is 2. The van der Waals surface area contributed by atoms with E-state index in [0.717, 1.165) is 17.5 Å². The first-order valence-electron chi connectivity index (χ1n) is 9.08. The molecule has 0 saturated heterocycles. The molecule has 28 heavy (non-hydrogen) atoms. The molecule has 2 aromatic carbocycles. The van der Waals surface area contributed by atoms with Crippen LogP contribution in [0.1, 0.15) is 18.1 Å². The standard InChI is InChI=1S/C22H27NO5/c1-5-7-16-8-10-19(20(12-16)25-3)28-15-22(24)23-14-17-9-11-18(27-6-2)21(13-17)26-4/h5,8-13H,1,6-7,14-15H2,2-4H3,(H,23,24). The topological polar surface area (TPSA) is 66.0 Å². The third-order valence-electron chi connectivity index (χ3n) is 3.98. The summed E-state index contributed by atoms with van der Waals surface area (Å²) in [5, 5.41) is 2.83. The molecular weight excluding hydrogens is 358 g/mol. The first-order valence-corrected chi connectivity index (χ1v) is 9.08. The number of carbonyl (C=O) groups is 1. The number of hydrogen-bond acceptors (Lipinski definition) is 5. The SMILES string of the molecule is C=CCc1ccc(OCC(=O)NCc2ccc(OCC)c(OC)c2)c(OC)c1. The minimum absolute atomic E-state index is 0.106. The molecule has 0 aromatic heterocycles. The maximum absolute atomic E-state index is 12.1. The van der Waals surface area contributed by atoms with E-state index in [1.54, 1.807) is 20.3 Å². The zero-order chi connectivity index (χ0) is 20.4. The van der Waals surface area contributed by atoms with Crippen LogP contribution in [0.5, 0.6) is 23.0 Å². The van der Waals surface area contributed by atoms with Gasteiger partial charge in [-0.2, -0.15) is 0 Å². The van der Waals surface area contributed by atoms with Crippen molar-refractivity contribution in [3.8, 4) is 23.0 Å². The van der Waals surface area contributed by atoms with E-state index in [0.29, 0.717) is 36.1 Å². The Morgan fingerprint density at radius 3 is 2.18 bits per heavy atom. The lowest BCUT2D eigenvalue weighted by Crippen LogP contribution is -2.28. The molecule has 1 N–H and O–H groups in total. The van der Waals surface area contributed by atoms with E-state index in [4.69, 9.17) is 18.9 Å². The largest absolute Gasteiger partial charge is 0.493 e. The van der Waals surface area contributed by atoms with Crippen LogP contribution in [0.4, 0.5) is 0 Å². The Morgan fingerprint density at radius 2 is 1.57 bits per heavy atom. The van der Waals surface area contributed by atoms with Crippen molar-refractivity contribution in [2.45, 2.75) is 19.9 Å². The van der Waals surface area contributed by atoms with Crippen LogP contribution in [-0.4, -0.2) is 33.3 Å². The van der Waals surface area contributed by atoms with E-state index in [-0.39, 0.29) is 12.5 Å². The molecule has 0 fully saturated rings. The van der Waals surface area contributed by atoms with Gasteiger partial charge in [0.2, 0.25) is 0 Å². The molecule has 0 radical (unpaired) electrons. The Labute approximate surface area is 166 Å². The Bertz CT molecular complexity index is 804. The molecular formula is C22H27NO5. The van der Waals surface area contributed by atoms with Crippen LogP contribution in [0.2, 0.25) is 0 Å². The molecule has 6 heteroatoms. The highest BCUT2D eigenvalue weighted by molar-refractivity contribution is 5.77. The van der Waals surface area contributed by atoms with Crippen molar-refractivity contribution in [2.75, 3.05) is 27.4 Å². The Kier molecular flexibility index (Phi) is 8.21. The summed E-state index contributed by atoms with van der Waals surface area (Å²) in [6.07, 6.45) is 2.56. The van der Waals surface area contributed by atoms with Crippen molar-refractivity contribution in [1.29, 1.82) is 0 Å². The van der Waals surface area contributed by atoms with Crippen LogP contribution >= 0.6 is 0 Å². The van der Waals surface area contributed by atoms with Crippen molar-refractivity contribution in [3.63, 3.8) is 0 Å². The molecule has 0 aliphatic rings. The monoisotopic (exact) mass is 385 g/mol. The Balaban J connectivity index is 1.90. The number of nitrogens with one attached hydrogen (secondary N) is 1. The summed E-state index contributed by atoms with van der Waals surface area (Å²) in [6, 6.07) is 11.1. The van der Waals surface area contributed by atoms with Gasteiger partial charge in [0.1, 0.15) is 0 Å². The van der Waals surface area contributed by atoms with Crippen LogP contribution in [0.15, 0.2) is 49.1 Å². The van der Waals surface area contributed by atoms with Crippen molar-refractivity contribution < 1.29 is 23.7 Å². The van der Waals surface area contributed by atoms with Crippen molar-refractivity contribution in [2.24, 2.45) is 0 Å². The van der Waals surface area contributed by atoms with E-state index < -0.39 is 0 Å². The molecule has 0 spiro atoms. The number of benzene rings is 2. The van der Waals surface area contributed by atoms with Gasteiger partial charge in [-0.15, -0.1) is 6.58 Å². The zero-order valence-corrected chi connectivity index (χ0v) is 16.6. The van der Waals surface area contributed by atoms with Crippen molar-refractivity contribution in [1.82, 2.24) is 5.32 Å². The van der Waals surface area contributed by atoms with Gasteiger partial charge in [0, 0.05) is 6.54 Å².